The standard InChI is InChI=1S/C13H14.CH4O4S/c1-2-6-12-11(5-1)7-10-13(12)8-3-4-9-13;1-5-6(2,3)4/h1-2,5-7,10H,3-4,8-9H2;1H3,(H,2,3,4). The predicted octanol–water partition coefficient (Wildman–Crippen LogP) is 2.96. The number of hydrogen-bond acceptors (Lipinski definition) is 3. The topological polar surface area (TPSA) is 63.6 Å². The van der Waals surface area contributed by atoms with Gasteiger partial charge in [0, 0.05) is 5.41 Å². The van der Waals surface area contributed by atoms with Crippen LogP contribution in [0.3, 0.4) is 0 Å². The summed E-state index contributed by atoms with van der Waals surface area (Å²) in [6.45, 7) is 0. The number of fused-ring (bicyclic) bond motifs is 2. The van der Waals surface area contributed by atoms with E-state index in [4.69, 9.17) is 4.55 Å². The van der Waals surface area contributed by atoms with Crippen LogP contribution < -0.4 is 0 Å². The quantitative estimate of drug-likeness (QED) is 0.804. The maximum absolute atomic E-state index is 9.33. The van der Waals surface area contributed by atoms with Crippen molar-refractivity contribution in [3.63, 3.8) is 0 Å². The number of rotatable bonds is 1. The van der Waals surface area contributed by atoms with Crippen LogP contribution in [0.5, 0.6) is 0 Å². The third-order valence-corrected chi connectivity index (χ3v) is 4.21. The Kier molecular flexibility index (Phi) is 4.08. The van der Waals surface area contributed by atoms with E-state index in [1.54, 1.807) is 5.56 Å². The first-order chi connectivity index (χ1) is 8.97. The van der Waals surface area contributed by atoms with E-state index in [-0.39, 0.29) is 0 Å². The fourth-order valence-corrected chi connectivity index (χ4v) is 2.88. The molecule has 2 aliphatic rings. The Morgan fingerprint density at radius 1 is 1.21 bits per heavy atom. The molecule has 0 aromatic heterocycles. The first kappa shape index (κ1) is 14.2. The molecule has 1 spiro atoms. The van der Waals surface area contributed by atoms with Crippen LogP contribution in [0.4, 0.5) is 0 Å². The summed E-state index contributed by atoms with van der Waals surface area (Å²) >= 11 is 0. The van der Waals surface area contributed by atoms with Crippen LogP contribution in [0.25, 0.3) is 6.08 Å². The lowest BCUT2D eigenvalue weighted by atomic mass is 9.81. The zero-order valence-electron chi connectivity index (χ0n) is 10.9. The van der Waals surface area contributed by atoms with E-state index in [1.165, 1.54) is 31.2 Å². The van der Waals surface area contributed by atoms with Crippen LogP contribution in [0.15, 0.2) is 30.3 Å². The van der Waals surface area contributed by atoms with Crippen molar-refractivity contribution in [2.45, 2.75) is 31.1 Å². The Bertz CT molecular complexity index is 569. The number of allylic oxidation sites excluding steroid dienone is 1. The first-order valence-electron chi connectivity index (χ1n) is 6.29. The van der Waals surface area contributed by atoms with Gasteiger partial charge in [-0.2, -0.15) is 8.42 Å². The molecular weight excluding hydrogens is 264 g/mol. The molecule has 0 atom stereocenters. The van der Waals surface area contributed by atoms with Crippen molar-refractivity contribution in [3.05, 3.63) is 41.5 Å². The predicted molar refractivity (Wildman–Crippen MR) is 74.2 cm³/mol. The van der Waals surface area contributed by atoms with Crippen molar-refractivity contribution < 1.29 is 17.2 Å². The molecule has 1 fully saturated rings. The van der Waals surface area contributed by atoms with E-state index in [2.05, 4.69) is 40.6 Å². The zero-order chi connectivity index (χ0) is 13.9. The van der Waals surface area contributed by atoms with Crippen LogP contribution in [0.1, 0.15) is 36.8 Å². The Balaban J connectivity index is 0.000000192. The molecule has 1 N–H and O–H groups in total. The van der Waals surface area contributed by atoms with Gasteiger partial charge in [0.25, 0.3) is 0 Å². The van der Waals surface area contributed by atoms with Gasteiger partial charge in [0.2, 0.25) is 0 Å². The summed E-state index contributed by atoms with van der Waals surface area (Å²) in [7, 11) is -3.29. The van der Waals surface area contributed by atoms with Crippen molar-refractivity contribution in [1.82, 2.24) is 0 Å². The molecule has 0 bridgehead atoms. The van der Waals surface area contributed by atoms with Gasteiger partial charge in [-0.25, -0.2) is 0 Å². The van der Waals surface area contributed by atoms with Crippen LogP contribution >= 0.6 is 0 Å². The van der Waals surface area contributed by atoms with Crippen molar-refractivity contribution >= 4 is 16.5 Å². The molecule has 0 unspecified atom stereocenters. The summed E-state index contributed by atoms with van der Waals surface area (Å²) in [5.74, 6) is 0. The Labute approximate surface area is 114 Å². The molecule has 1 aromatic rings. The van der Waals surface area contributed by atoms with Gasteiger partial charge in [0.1, 0.15) is 0 Å². The van der Waals surface area contributed by atoms with Crippen LogP contribution in [0.2, 0.25) is 0 Å². The molecule has 0 radical (unpaired) electrons. The second kappa shape index (κ2) is 5.45. The van der Waals surface area contributed by atoms with Gasteiger partial charge in [-0.05, 0) is 24.0 Å². The monoisotopic (exact) mass is 282 g/mol. The molecule has 5 heteroatoms. The fourth-order valence-electron chi connectivity index (χ4n) is 2.88. The molecule has 0 heterocycles. The SMILES string of the molecule is C1=CC2(CCCC2)c2ccccc21.COS(=O)(=O)O. The molecule has 0 aliphatic heterocycles. The molecule has 1 aromatic carbocycles. The van der Waals surface area contributed by atoms with Crippen LogP contribution in [0, 0.1) is 0 Å². The third kappa shape index (κ3) is 3.23. The lowest BCUT2D eigenvalue weighted by Gasteiger charge is -2.22. The zero-order valence-corrected chi connectivity index (χ0v) is 11.7. The van der Waals surface area contributed by atoms with E-state index in [1.807, 2.05) is 0 Å². The highest BCUT2D eigenvalue weighted by Crippen LogP contribution is 2.47. The summed E-state index contributed by atoms with van der Waals surface area (Å²) in [5, 5.41) is 0. The maximum atomic E-state index is 9.33. The lowest BCUT2D eigenvalue weighted by Crippen LogP contribution is -2.16. The Morgan fingerprint density at radius 3 is 2.37 bits per heavy atom. The van der Waals surface area contributed by atoms with E-state index < -0.39 is 10.4 Å². The molecule has 0 saturated heterocycles. The smallest absolute Gasteiger partial charge is 0.264 e. The van der Waals surface area contributed by atoms with E-state index in [9.17, 15) is 8.42 Å². The minimum Gasteiger partial charge on any atom is -0.264 e. The Morgan fingerprint density at radius 2 is 1.79 bits per heavy atom. The van der Waals surface area contributed by atoms with Crippen molar-refractivity contribution in [2.24, 2.45) is 0 Å². The summed E-state index contributed by atoms with van der Waals surface area (Å²) in [4.78, 5) is 0. The van der Waals surface area contributed by atoms with Crippen molar-refractivity contribution in [2.75, 3.05) is 7.11 Å². The van der Waals surface area contributed by atoms with Gasteiger partial charge in [-0.15, -0.1) is 0 Å². The van der Waals surface area contributed by atoms with Gasteiger partial charge in [0.05, 0.1) is 7.11 Å². The lowest BCUT2D eigenvalue weighted by molar-refractivity contribution is 0.324. The molecule has 1 saturated carbocycles. The molecule has 104 valence electrons. The average molecular weight is 282 g/mol. The summed E-state index contributed by atoms with van der Waals surface area (Å²) in [6, 6.07) is 8.85. The second-order valence-electron chi connectivity index (χ2n) is 4.88. The van der Waals surface area contributed by atoms with Gasteiger partial charge in [0.15, 0.2) is 0 Å². The molecule has 3 rings (SSSR count). The Hall–Kier alpha value is -1.17. The molecular formula is C14H18O4S. The molecule has 2 aliphatic carbocycles. The fraction of sp³-hybridized carbons (Fsp3) is 0.429. The minimum absolute atomic E-state index is 0.441. The van der Waals surface area contributed by atoms with E-state index in [0.29, 0.717) is 5.41 Å². The summed E-state index contributed by atoms with van der Waals surface area (Å²) in [6.07, 6.45) is 10.3. The van der Waals surface area contributed by atoms with E-state index in [0.717, 1.165) is 7.11 Å². The average Bonchev–Trinajstić information content (AvgIpc) is 3.00. The van der Waals surface area contributed by atoms with Gasteiger partial charge >= 0.3 is 10.4 Å². The summed E-state index contributed by atoms with van der Waals surface area (Å²) < 4.78 is 29.7. The molecule has 4 nitrogen and oxygen atoms in total. The van der Waals surface area contributed by atoms with Gasteiger partial charge in [-0.3, -0.25) is 8.74 Å². The van der Waals surface area contributed by atoms with E-state index >= 15 is 0 Å². The second-order valence-corrected chi connectivity index (χ2v) is 6.07. The molecule has 0 amide bonds. The van der Waals surface area contributed by atoms with Gasteiger partial charge in [-0.1, -0.05) is 49.3 Å². The highest BCUT2D eigenvalue weighted by atomic mass is 32.3. The first-order valence-corrected chi connectivity index (χ1v) is 7.65. The minimum atomic E-state index is -4.16. The van der Waals surface area contributed by atoms with Crippen LogP contribution in [-0.4, -0.2) is 20.1 Å². The molecule has 19 heavy (non-hydrogen) atoms. The highest BCUT2D eigenvalue weighted by Gasteiger charge is 2.36. The number of hydrogen-bond donors (Lipinski definition) is 1. The van der Waals surface area contributed by atoms with Crippen LogP contribution in [-0.2, 0) is 20.0 Å². The normalized spacial score (nSPS) is 19.1. The largest absolute Gasteiger partial charge is 0.397 e. The van der Waals surface area contributed by atoms with Crippen molar-refractivity contribution in [3.8, 4) is 0 Å². The third-order valence-electron chi connectivity index (χ3n) is 3.79. The number of benzene rings is 1. The van der Waals surface area contributed by atoms with Crippen molar-refractivity contribution in [1.29, 1.82) is 0 Å². The highest BCUT2D eigenvalue weighted by molar-refractivity contribution is 7.80. The summed E-state index contributed by atoms with van der Waals surface area (Å²) in [5.41, 5.74) is 3.47. The van der Waals surface area contributed by atoms with Gasteiger partial charge < -0.3 is 0 Å². The maximum Gasteiger partial charge on any atom is 0.397 e.